The maximum atomic E-state index is 13.3. The van der Waals surface area contributed by atoms with Crippen molar-refractivity contribution in [1.82, 2.24) is 9.97 Å². The van der Waals surface area contributed by atoms with Crippen LogP contribution in [0.1, 0.15) is 11.5 Å². The predicted octanol–water partition coefficient (Wildman–Crippen LogP) is 1.15. The molecule has 14 heavy (non-hydrogen) atoms. The highest BCUT2D eigenvalue weighted by atomic mass is 19.1. The molecule has 78 valence electrons. The second-order valence-electron chi connectivity index (χ2n) is 2.88. The molecule has 1 heterocycles. The van der Waals surface area contributed by atoms with E-state index in [1.54, 1.807) is 21.1 Å². The van der Waals surface area contributed by atoms with Crippen LogP contribution in [0.5, 0.6) is 0 Å². The Hall–Kier alpha value is -1.23. The Morgan fingerprint density at radius 1 is 1.43 bits per heavy atom. The molecular formula is C9H14FN3O. The SMILES string of the molecule is CNc1nc(CCOC)nc(C)c1F. The van der Waals surface area contributed by atoms with Crippen LogP contribution in [0.25, 0.3) is 0 Å². The number of hydrogen-bond acceptors (Lipinski definition) is 4. The van der Waals surface area contributed by atoms with Crippen LogP contribution < -0.4 is 5.32 Å². The third-order valence-electron chi connectivity index (χ3n) is 1.83. The molecule has 0 bridgehead atoms. The van der Waals surface area contributed by atoms with E-state index in [0.717, 1.165) is 0 Å². The molecule has 1 aromatic heterocycles. The molecule has 1 aromatic rings. The topological polar surface area (TPSA) is 47.0 Å². The molecule has 0 fully saturated rings. The molecule has 0 saturated carbocycles. The van der Waals surface area contributed by atoms with Gasteiger partial charge in [-0.25, -0.2) is 14.4 Å². The first-order chi connectivity index (χ1) is 6.69. The van der Waals surface area contributed by atoms with Gasteiger partial charge in [0.2, 0.25) is 0 Å². The third-order valence-corrected chi connectivity index (χ3v) is 1.83. The van der Waals surface area contributed by atoms with Crippen molar-refractivity contribution in [2.45, 2.75) is 13.3 Å². The van der Waals surface area contributed by atoms with Gasteiger partial charge in [-0.15, -0.1) is 0 Å². The minimum absolute atomic E-state index is 0.239. The van der Waals surface area contributed by atoms with Gasteiger partial charge in [0.05, 0.1) is 12.3 Å². The van der Waals surface area contributed by atoms with E-state index in [9.17, 15) is 4.39 Å². The molecule has 0 aliphatic rings. The number of ether oxygens (including phenoxy) is 1. The van der Waals surface area contributed by atoms with Crippen LogP contribution >= 0.6 is 0 Å². The fraction of sp³-hybridized carbons (Fsp3) is 0.556. The monoisotopic (exact) mass is 199 g/mol. The lowest BCUT2D eigenvalue weighted by Gasteiger charge is -2.06. The van der Waals surface area contributed by atoms with Crippen LogP contribution in [0.2, 0.25) is 0 Å². The first-order valence-electron chi connectivity index (χ1n) is 4.38. The first kappa shape index (κ1) is 10.8. The van der Waals surface area contributed by atoms with Crippen molar-refractivity contribution in [3.05, 3.63) is 17.3 Å². The Bertz CT molecular complexity index is 317. The van der Waals surface area contributed by atoms with E-state index in [2.05, 4.69) is 15.3 Å². The van der Waals surface area contributed by atoms with Gasteiger partial charge in [0.1, 0.15) is 5.82 Å². The van der Waals surface area contributed by atoms with Crippen molar-refractivity contribution in [3.8, 4) is 0 Å². The summed E-state index contributed by atoms with van der Waals surface area (Å²) in [7, 11) is 3.24. The zero-order valence-electron chi connectivity index (χ0n) is 8.59. The molecule has 0 amide bonds. The lowest BCUT2D eigenvalue weighted by atomic mass is 10.3. The number of aryl methyl sites for hydroxylation is 1. The fourth-order valence-electron chi connectivity index (χ4n) is 1.09. The number of halogens is 1. The van der Waals surface area contributed by atoms with Crippen molar-refractivity contribution < 1.29 is 9.13 Å². The Kier molecular flexibility index (Phi) is 3.76. The van der Waals surface area contributed by atoms with Crippen molar-refractivity contribution in [3.63, 3.8) is 0 Å². The van der Waals surface area contributed by atoms with Gasteiger partial charge in [-0.05, 0) is 6.92 Å². The largest absolute Gasteiger partial charge is 0.384 e. The maximum absolute atomic E-state index is 13.3. The van der Waals surface area contributed by atoms with Gasteiger partial charge in [-0.1, -0.05) is 0 Å². The Morgan fingerprint density at radius 2 is 2.14 bits per heavy atom. The van der Waals surface area contributed by atoms with Crippen LogP contribution in [0.3, 0.4) is 0 Å². The average Bonchev–Trinajstić information content (AvgIpc) is 2.19. The van der Waals surface area contributed by atoms with Gasteiger partial charge in [0, 0.05) is 20.6 Å². The second-order valence-corrected chi connectivity index (χ2v) is 2.88. The molecule has 0 aliphatic carbocycles. The van der Waals surface area contributed by atoms with E-state index in [0.29, 0.717) is 24.5 Å². The van der Waals surface area contributed by atoms with Crippen LogP contribution in [0, 0.1) is 12.7 Å². The van der Waals surface area contributed by atoms with Crippen LogP contribution in [0.15, 0.2) is 0 Å². The average molecular weight is 199 g/mol. The normalized spacial score (nSPS) is 10.3. The molecule has 1 rings (SSSR count). The van der Waals surface area contributed by atoms with Gasteiger partial charge in [-0.3, -0.25) is 0 Å². The molecule has 1 N–H and O–H groups in total. The highest BCUT2D eigenvalue weighted by Crippen LogP contribution is 2.13. The summed E-state index contributed by atoms with van der Waals surface area (Å²) < 4.78 is 18.2. The lowest BCUT2D eigenvalue weighted by Crippen LogP contribution is -2.08. The molecule has 0 atom stereocenters. The van der Waals surface area contributed by atoms with E-state index in [4.69, 9.17) is 4.74 Å². The molecular weight excluding hydrogens is 185 g/mol. The van der Waals surface area contributed by atoms with Gasteiger partial charge < -0.3 is 10.1 Å². The summed E-state index contributed by atoms with van der Waals surface area (Å²) in [6.45, 7) is 2.16. The zero-order chi connectivity index (χ0) is 10.6. The zero-order valence-corrected chi connectivity index (χ0v) is 8.59. The Morgan fingerprint density at radius 3 is 2.71 bits per heavy atom. The molecule has 5 heteroatoms. The van der Waals surface area contributed by atoms with Crippen molar-refractivity contribution in [2.75, 3.05) is 26.1 Å². The minimum Gasteiger partial charge on any atom is -0.384 e. The van der Waals surface area contributed by atoms with Crippen molar-refractivity contribution in [2.24, 2.45) is 0 Å². The molecule has 0 aliphatic heterocycles. The van der Waals surface area contributed by atoms with E-state index < -0.39 is 5.82 Å². The molecule has 0 unspecified atom stereocenters. The Balaban J connectivity index is 2.91. The summed E-state index contributed by atoms with van der Waals surface area (Å²) in [6.07, 6.45) is 0.590. The third kappa shape index (κ3) is 2.38. The summed E-state index contributed by atoms with van der Waals surface area (Å²) in [6, 6.07) is 0. The number of nitrogens with zero attached hydrogens (tertiary/aromatic N) is 2. The van der Waals surface area contributed by atoms with Gasteiger partial charge in [0.25, 0.3) is 0 Å². The van der Waals surface area contributed by atoms with E-state index in [1.165, 1.54) is 0 Å². The van der Waals surface area contributed by atoms with Gasteiger partial charge >= 0.3 is 0 Å². The molecule has 4 nitrogen and oxygen atoms in total. The van der Waals surface area contributed by atoms with Gasteiger partial charge in [0.15, 0.2) is 11.6 Å². The number of hydrogen-bond donors (Lipinski definition) is 1. The van der Waals surface area contributed by atoms with Crippen LogP contribution in [-0.4, -0.2) is 30.7 Å². The lowest BCUT2D eigenvalue weighted by molar-refractivity contribution is 0.200. The number of rotatable bonds is 4. The maximum Gasteiger partial charge on any atom is 0.186 e. The minimum atomic E-state index is -0.395. The van der Waals surface area contributed by atoms with E-state index in [-0.39, 0.29) is 5.82 Å². The first-order valence-corrected chi connectivity index (χ1v) is 4.38. The molecule has 0 saturated heterocycles. The highest BCUT2D eigenvalue weighted by molar-refractivity contribution is 5.37. The molecule has 0 aromatic carbocycles. The number of aromatic nitrogens is 2. The van der Waals surface area contributed by atoms with E-state index in [1.807, 2.05) is 0 Å². The summed E-state index contributed by atoms with van der Waals surface area (Å²) in [5.41, 5.74) is 0.357. The Labute approximate surface area is 82.5 Å². The summed E-state index contributed by atoms with van der Waals surface area (Å²) in [5.74, 6) is 0.437. The van der Waals surface area contributed by atoms with Crippen LogP contribution in [0.4, 0.5) is 10.2 Å². The molecule has 0 spiro atoms. The summed E-state index contributed by atoms with van der Waals surface area (Å²) in [4.78, 5) is 8.02. The van der Waals surface area contributed by atoms with Crippen LogP contribution in [-0.2, 0) is 11.2 Å². The number of methoxy groups -OCH3 is 1. The second kappa shape index (κ2) is 4.85. The highest BCUT2D eigenvalue weighted by Gasteiger charge is 2.09. The predicted molar refractivity (Wildman–Crippen MR) is 51.9 cm³/mol. The summed E-state index contributed by atoms with van der Waals surface area (Å²) in [5, 5.41) is 2.69. The summed E-state index contributed by atoms with van der Waals surface area (Å²) >= 11 is 0. The van der Waals surface area contributed by atoms with E-state index >= 15 is 0 Å². The smallest absolute Gasteiger partial charge is 0.186 e. The standard InChI is InChI=1S/C9H14FN3O/c1-6-8(10)9(11-2)13-7(12-6)4-5-14-3/h4-5H2,1-3H3,(H,11,12,13). The van der Waals surface area contributed by atoms with Crippen molar-refractivity contribution in [1.29, 1.82) is 0 Å². The quantitative estimate of drug-likeness (QED) is 0.790. The molecule has 0 radical (unpaired) electrons. The van der Waals surface area contributed by atoms with Gasteiger partial charge in [-0.2, -0.15) is 0 Å². The number of nitrogens with one attached hydrogen (secondary N) is 1. The fourth-order valence-corrected chi connectivity index (χ4v) is 1.09. The van der Waals surface area contributed by atoms with Crippen molar-refractivity contribution >= 4 is 5.82 Å². The number of anilines is 1.